The SMILES string of the molecule is CCCOc1cc2c(cc1OC)CCN1CC(CC(C)C)C(=O)CC21. The summed E-state index contributed by atoms with van der Waals surface area (Å²) in [6.07, 6.45) is 3.61. The second-order valence-corrected chi connectivity index (χ2v) is 7.81. The first-order valence-electron chi connectivity index (χ1n) is 9.63. The van der Waals surface area contributed by atoms with Gasteiger partial charge in [-0.2, -0.15) is 0 Å². The van der Waals surface area contributed by atoms with E-state index in [4.69, 9.17) is 9.47 Å². The molecule has 4 heteroatoms. The van der Waals surface area contributed by atoms with E-state index in [1.807, 2.05) is 0 Å². The predicted octanol–water partition coefficient (Wildman–Crippen LogP) is 4.02. The molecule has 1 aromatic carbocycles. The molecule has 0 aromatic heterocycles. The van der Waals surface area contributed by atoms with E-state index in [1.54, 1.807) is 7.11 Å². The zero-order chi connectivity index (χ0) is 18.0. The van der Waals surface area contributed by atoms with Crippen molar-refractivity contribution in [3.8, 4) is 11.5 Å². The average molecular weight is 345 g/mol. The molecule has 0 amide bonds. The fourth-order valence-corrected chi connectivity index (χ4v) is 4.22. The first kappa shape index (κ1) is 18.2. The maximum Gasteiger partial charge on any atom is 0.161 e. The van der Waals surface area contributed by atoms with Crippen LogP contribution in [0.2, 0.25) is 0 Å². The van der Waals surface area contributed by atoms with Gasteiger partial charge in [0.2, 0.25) is 0 Å². The van der Waals surface area contributed by atoms with Crippen LogP contribution in [0.4, 0.5) is 0 Å². The largest absolute Gasteiger partial charge is 0.493 e. The summed E-state index contributed by atoms with van der Waals surface area (Å²) in [6.45, 7) is 9.11. The zero-order valence-corrected chi connectivity index (χ0v) is 16.0. The van der Waals surface area contributed by atoms with Gasteiger partial charge in [0.15, 0.2) is 11.5 Å². The third-order valence-corrected chi connectivity index (χ3v) is 5.42. The number of methoxy groups -OCH3 is 1. The molecule has 2 aliphatic heterocycles. The predicted molar refractivity (Wildman–Crippen MR) is 99.4 cm³/mol. The Morgan fingerprint density at radius 2 is 2.08 bits per heavy atom. The van der Waals surface area contributed by atoms with E-state index in [0.29, 0.717) is 24.7 Å². The second kappa shape index (κ2) is 7.77. The van der Waals surface area contributed by atoms with Gasteiger partial charge in [-0.15, -0.1) is 0 Å². The summed E-state index contributed by atoms with van der Waals surface area (Å²) in [5.41, 5.74) is 2.56. The lowest BCUT2D eigenvalue weighted by atomic mass is 9.80. The molecule has 0 radical (unpaired) electrons. The van der Waals surface area contributed by atoms with Crippen LogP contribution in [0.3, 0.4) is 0 Å². The molecule has 138 valence electrons. The highest BCUT2D eigenvalue weighted by Crippen LogP contribution is 2.42. The minimum Gasteiger partial charge on any atom is -0.493 e. The molecule has 2 atom stereocenters. The quantitative estimate of drug-likeness (QED) is 0.781. The monoisotopic (exact) mass is 345 g/mol. The van der Waals surface area contributed by atoms with Crippen LogP contribution in [0.15, 0.2) is 12.1 Å². The molecule has 1 aromatic rings. The van der Waals surface area contributed by atoms with Crippen molar-refractivity contribution in [3.63, 3.8) is 0 Å². The van der Waals surface area contributed by atoms with Gasteiger partial charge in [0.05, 0.1) is 13.7 Å². The third kappa shape index (κ3) is 3.84. The fraction of sp³-hybridized carbons (Fsp3) is 0.667. The molecule has 1 fully saturated rings. The van der Waals surface area contributed by atoms with Crippen molar-refractivity contribution in [1.82, 2.24) is 4.90 Å². The van der Waals surface area contributed by atoms with Crippen LogP contribution in [0.25, 0.3) is 0 Å². The summed E-state index contributed by atoms with van der Waals surface area (Å²) >= 11 is 0. The normalized spacial score (nSPS) is 23.3. The topological polar surface area (TPSA) is 38.8 Å². The number of hydrogen-bond donors (Lipinski definition) is 0. The highest BCUT2D eigenvalue weighted by atomic mass is 16.5. The number of hydrogen-bond acceptors (Lipinski definition) is 4. The minimum atomic E-state index is 0.201. The number of ketones is 1. The molecule has 0 bridgehead atoms. The first-order valence-corrected chi connectivity index (χ1v) is 9.63. The van der Waals surface area contributed by atoms with E-state index >= 15 is 0 Å². The smallest absolute Gasteiger partial charge is 0.161 e. The summed E-state index contributed by atoms with van der Waals surface area (Å²) in [5.74, 6) is 2.81. The van der Waals surface area contributed by atoms with E-state index in [2.05, 4.69) is 37.8 Å². The van der Waals surface area contributed by atoms with Crippen molar-refractivity contribution >= 4 is 5.78 Å². The van der Waals surface area contributed by atoms with Gasteiger partial charge in [-0.3, -0.25) is 9.69 Å². The summed E-state index contributed by atoms with van der Waals surface area (Å²) in [6, 6.07) is 4.44. The summed E-state index contributed by atoms with van der Waals surface area (Å²) in [7, 11) is 1.69. The Morgan fingerprint density at radius 1 is 1.28 bits per heavy atom. The number of rotatable bonds is 6. The lowest BCUT2D eigenvalue weighted by Crippen LogP contribution is -2.46. The molecule has 25 heavy (non-hydrogen) atoms. The van der Waals surface area contributed by atoms with E-state index in [1.165, 1.54) is 11.1 Å². The summed E-state index contributed by atoms with van der Waals surface area (Å²) in [5, 5.41) is 0. The van der Waals surface area contributed by atoms with Gasteiger partial charge in [0, 0.05) is 31.5 Å². The van der Waals surface area contributed by atoms with Crippen molar-refractivity contribution in [1.29, 1.82) is 0 Å². The van der Waals surface area contributed by atoms with Crippen LogP contribution in [0.1, 0.15) is 57.2 Å². The van der Waals surface area contributed by atoms with Crippen molar-refractivity contribution < 1.29 is 14.3 Å². The molecule has 2 unspecified atom stereocenters. The molecule has 3 rings (SSSR count). The Labute approximate surface area is 151 Å². The van der Waals surface area contributed by atoms with Crippen LogP contribution < -0.4 is 9.47 Å². The molecule has 0 N–H and O–H groups in total. The van der Waals surface area contributed by atoms with Crippen LogP contribution in [0.5, 0.6) is 11.5 Å². The number of piperidine rings is 1. The Morgan fingerprint density at radius 3 is 2.76 bits per heavy atom. The highest BCUT2D eigenvalue weighted by Gasteiger charge is 2.38. The summed E-state index contributed by atoms with van der Waals surface area (Å²) in [4.78, 5) is 15.2. The Balaban J connectivity index is 1.86. The molecular formula is C21H31NO3. The van der Waals surface area contributed by atoms with Crippen molar-refractivity contribution in [2.75, 3.05) is 26.8 Å². The first-order chi connectivity index (χ1) is 12.0. The van der Waals surface area contributed by atoms with Crippen LogP contribution >= 0.6 is 0 Å². The van der Waals surface area contributed by atoms with Gasteiger partial charge < -0.3 is 9.47 Å². The van der Waals surface area contributed by atoms with Crippen molar-refractivity contribution in [2.45, 2.75) is 52.5 Å². The average Bonchev–Trinajstić information content (AvgIpc) is 2.59. The number of benzene rings is 1. The molecule has 0 aliphatic carbocycles. The van der Waals surface area contributed by atoms with Crippen molar-refractivity contribution in [2.24, 2.45) is 11.8 Å². The number of ether oxygens (including phenoxy) is 2. The second-order valence-electron chi connectivity index (χ2n) is 7.81. The van der Waals surface area contributed by atoms with Gasteiger partial charge in [0.1, 0.15) is 5.78 Å². The Bertz CT molecular complexity index is 626. The maximum absolute atomic E-state index is 12.7. The molecule has 0 saturated carbocycles. The van der Waals surface area contributed by atoms with Crippen LogP contribution in [0, 0.1) is 11.8 Å². The lowest BCUT2D eigenvalue weighted by molar-refractivity contribution is -0.129. The van der Waals surface area contributed by atoms with Gasteiger partial charge in [-0.25, -0.2) is 0 Å². The van der Waals surface area contributed by atoms with E-state index < -0.39 is 0 Å². The van der Waals surface area contributed by atoms with Gasteiger partial charge in [-0.05, 0) is 48.4 Å². The highest BCUT2D eigenvalue weighted by molar-refractivity contribution is 5.83. The maximum atomic E-state index is 12.7. The molecule has 2 aliphatic rings. The van der Waals surface area contributed by atoms with Crippen LogP contribution in [-0.2, 0) is 11.2 Å². The third-order valence-electron chi connectivity index (χ3n) is 5.42. The molecule has 4 nitrogen and oxygen atoms in total. The van der Waals surface area contributed by atoms with Gasteiger partial charge in [-0.1, -0.05) is 20.8 Å². The van der Waals surface area contributed by atoms with Crippen LogP contribution in [-0.4, -0.2) is 37.5 Å². The number of carbonyl (C=O) groups is 1. The Hall–Kier alpha value is -1.55. The Kier molecular flexibility index (Phi) is 5.67. The molecule has 0 spiro atoms. The van der Waals surface area contributed by atoms with Gasteiger partial charge >= 0.3 is 0 Å². The molecular weight excluding hydrogens is 314 g/mol. The number of carbonyl (C=O) groups excluding carboxylic acids is 1. The summed E-state index contributed by atoms with van der Waals surface area (Å²) < 4.78 is 11.4. The van der Waals surface area contributed by atoms with Gasteiger partial charge in [0.25, 0.3) is 0 Å². The van der Waals surface area contributed by atoms with E-state index in [9.17, 15) is 4.79 Å². The van der Waals surface area contributed by atoms with E-state index in [-0.39, 0.29) is 12.0 Å². The standard InChI is InChI=1S/C21H31NO3/c1-5-8-25-21-11-17-15(10-20(21)24-4)6-7-22-13-16(9-14(2)3)19(23)12-18(17)22/h10-11,14,16,18H,5-9,12-13H2,1-4H3. The molecule has 1 saturated heterocycles. The number of Topliss-reactive ketones (excluding diaryl/α,β-unsaturated/α-hetero) is 1. The number of fused-ring (bicyclic) bond motifs is 3. The van der Waals surface area contributed by atoms with E-state index in [0.717, 1.165) is 43.9 Å². The minimum absolute atomic E-state index is 0.201. The lowest BCUT2D eigenvalue weighted by Gasteiger charge is -2.43. The number of nitrogens with zero attached hydrogens (tertiary/aromatic N) is 1. The van der Waals surface area contributed by atoms with Crippen molar-refractivity contribution in [3.05, 3.63) is 23.3 Å². The molecule has 2 heterocycles. The fourth-order valence-electron chi connectivity index (χ4n) is 4.22. The zero-order valence-electron chi connectivity index (χ0n) is 16.0.